The van der Waals surface area contributed by atoms with E-state index in [0.29, 0.717) is 0 Å². The van der Waals surface area contributed by atoms with Gasteiger partial charge in [-0.1, -0.05) is 115 Å². The monoisotopic (exact) mass is 673 g/mol. The van der Waals surface area contributed by atoms with Gasteiger partial charge in [0.1, 0.15) is 11.2 Å². The van der Waals surface area contributed by atoms with Crippen molar-refractivity contribution in [2.45, 2.75) is 5.41 Å². The number of furan rings is 1. The fourth-order valence-electron chi connectivity index (χ4n) is 9.57. The molecule has 10 aromatic rings. The van der Waals surface area contributed by atoms with E-state index in [-0.39, 0.29) is 0 Å². The van der Waals surface area contributed by atoms with E-state index >= 15 is 0 Å². The van der Waals surface area contributed by atoms with Crippen LogP contribution in [-0.4, -0.2) is 0 Å². The van der Waals surface area contributed by atoms with E-state index < -0.39 is 5.41 Å². The van der Waals surface area contributed by atoms with Crippen molar-refractivity contribution in [2.24, 2.45) is 0 Å². The third-order valence-corrected chi connectivity index (χ3v) is 11.8. The molecule has 0 unspecified atom stereocenters. The molecule has 2 aliphatic carbocycles. The van der Waals surface area contributed by atoms with Crippen LogP contribution in [0, 0.1) is 0 Å². The van der Waals surface area contributed by atoms with Crippen molar-refractivity contribution in [3.8, 4) is 22.3 Å². The average molecular weight is 674 g/mol. The molecule has 0 saturated heterocycles. The van der Waals surface area contributed by atoms with E-state index in [0.717, 1.165) is 39.0 Å². The van der Waals surface area contributed by atoms with E-state index in [4.69, 9.17) is 4.42 Å². The highest BCUT2D eigenvalue weighted by Gasteiger charge is 2.51. The Balaban J connectivity index is 1.12. The maximum atomic E-state index is 6.23. The molecular formula is C51H31NO. The predicted octanol–water partition coefficient (Wildman–Crippen LogP) is 13.7. The van der Waals surface area contributed by atoms with Gasteiger partial charge in [-0.05, 0) is 139 Å². The summed E-state index contributed by atoms with van der Waals surface area (Å²) >= 11 is 0. The second kappa shape index (κ2) is 10.6. The highest BCUT2D eigenvalue weighted by atomic mass is 16.3. The maximum absolute atomic E-state index is 6.23. The third kappa shape index (κ3) is 3.87. The van der Waals surface area contributed by atoms with E-state index in [1.807, 2.05) is 12.1 Å². The van der Waals surface area contributed by atoms with Crippen molar-refractivity contribution < 1.29 is 4.42 Å². The molecule has 2 heteroatoms. The number of para-hydroxylation sites is 2. The average Bonchev–Trinajstić information content (AvgIpc) is 3.83. The molecule has 0 radical (unpaired) electrons. The molecule has 1 heterocycles. The quantitative estimate of drug-likeness (QED) is 0.186. The van der Waals surface area contributed by atoms with Crippen LogP contribution in [0.5, 0.6) is 0 Å². The van der Waals surface area contributed by atoms with Gasteiger partial charge in [-0.3, -0.25) is 0 Å². The molecule has 2 nitrogen and oxygen atoms in total. The maximum Gasteiger partial charge on any atom is 0.135 e. The summed E-state index contributed by atoms with van der Waals surface area (Å²) in [7, 11) is 0. The van der Waals surface area contributed by atoms with Crippen LogP contribution in [-0.2, 0) is 5.41 Å². The number of nitrogens with zero attached hydrogens (tertiary/aromatic N) is 1. The highest BCUT2D eigenvalue weighted by molar-refractivity contribution is 6.07. The zero-order valence-corrected chi connectivity index (χ0v) is 28.8. The lowest BCUT2D eigenvalue weighted by molar-refractivity contribution is 0.669. The fraction of sp³-hybridized carbons (Fsp3) is 0.0196. The minimum absolute atomic E-state index is 0.418. The minimum atomic E-state index is -0.418. The second-order valence-corrected chi connectivity index (χ2v) is 14.5. The van der Waals surface area contributed by atoms with Gasteiger partial charge in [0.05, 0.1) is 5.41 Å². The lowest BCUT2D eigenvalue weighted by Crippen LogP contribution is -2.25. The lowest BCUT2D eigenvalue weighted by Gasteiger charge is -2.31. The van der Waals surface area contributed by atoms with Gasteiger partial charge >= 0.3 is 0 Å². The summed E-state index contributed by atoms with van der Waals surface area (Å²) in [5.41, 5.74) is 15.4. The Morgan fingerprint density at radius 2 is 0.868 bits per heavy atom. The second-order valence-electron chi connectivity index (χ2n) is 14.5. The van der Waals surface area contributed by atoms with Crippen LogP contribution in [0.4, 0.5) is 17.1 Å². The molecule has 0 atom stereocenters. The van der Waals surface area contributed by atoms with Crippen LogP contribution >= 0.6 is 0 Å². The van der Waals surface area contributed by atoms with Crippen LogP contribution < -0.4 is 4.90 Å². The molecular weight excluding hydrogens is 643 g/mol. The highest BCUT2D eigenvalue weighted by Crippen LogP contribution is 2.63. The number of rotatable bonds is 3. The van der Waals surface area contributed by atoms with Crippen molar-refractivity contribution >= 4 is 60.5 Å². The summed E-state index contributed by atoms with van der Waals surface area (Å²) < 4.78 is 6.23. The summed E-state index contributed by atoms with van der Waals surface area (Å²) in [4.78, 5) is 2.37. The molecule has 0 N–H and O–H groups in total. The molecule has 0 amide bonds. The summed E-state index contributed by atoms with van der Waals surface area (Å²) in [6, 6.07) is 69.2. The molecule has 1 spiro atoms. The van der Waals surface area contributed by atoms with E-state index in [9.17, 15) is 0 Å². The van der Waals surface area contributed by atoms with Crippen LogP contribution in [0.2, 0.25) is 0 Å². The molecule has 53 heavy (non-hydrogen) atoms. The molecule has 1 aromatic heterocycles. The fourth-order valence-corrected chi connectivity index (χ4v) is 9.57. The van der Waals surface area contributed by atoms with E-state index in [1.54, 1.807) is 0 Å². The molecule has 0 fully saturated rings. The summed E-state index contributed by atoms with van der Waals surface area (Å²) in [6.45, 7) is 0. The van der Waals surface area contributed by atoms with Crippen molar-refractivity contribution in [1.82, 2.24) is 0 Å². The van der Waals surface area contributed by atoms with Gasteiger partial charge < -0.3 is 9.32 Å². The summed E-state index contributed by atoms with van der Waals surface area (Å²) in [6.07, 6.45) is 0. The van der Waals surface area contributed by atoms with Crippen molar-refractivity contribution in [3.05, 3.63) is 210 Å². The van der Waals surface area contributed by atoms with Crippen molar-refractivity contribution in [1.29, 1.82) is 0 Å². The number of benzene rings is 9. The van der Waals surface area contributed by atoms with Gasteiger partial charge in [0.25, 0.3) is 0 Å². The third-order valence-electron chi connectivity index (χ3n) is 11.8. The Morgan fingerprint density at radius 3 is 1.62 bits per heavy atom. The van der Waals surface area contributed by atoms with Crippen LogP contribution in [0.3, 0.4) is 0 Å². The standard InChI is InChI=1S/C51H31NO/c1-2-14-36(15-3-1)52(38-24-25-50-44(31-38)41-18-8-11-21-49(41)53-50)37-23-22-34-28-43-42-27-32-12-4-5-13-33(32)29-47(42)51(48(43)30-35(34)26-37)45-19-9-6-16-39(45)40-17-7-10-20-46(40)51/h1-31H. The Bertz CT molecular complexity index is 3090. The first-order valence-electron chi connectivity index (χ1n) is 18.3. The first-order chi connectivity index (χ1) is 26.3. The Labute approximate surface area is 306 Å². The SMILES string of the molecule is c1ccc(N(c2ccc3cc4c(cc3c2)C2(c3ccccc3-c3ccccc32)c2cc3ccccc3cc2-4)c2ccc3oc4ccccc4c3c2)cc1. The topological polar surface area (TPSA) is 16.4 Å². The molecule has 0 saturated carbocycles. The first-order valence-corrected chi connectivity index (χ1v) is 18.3. The Morgan fingerprint density at radius 1 is 0.321 bits per heavy atom. The zero-order chi connectivity index (χ0) is 34.7. The van der Waals surface area contributed by atoms with Crippen molar-refractivity contribution in [2.75, 3.05) is 4.90 Å². The van der Waals surface area contributed by atoms with Gasteiger partial charge in [0.2, 0.25) is 0 Å². The molecule has 12 rings (SSSR count). The Hall–Kier alpha value is -6.90. The van der Waals surface area contributed by atoms with Crippen LogP contribution in [0.25, 0.3) is 65.7 Å². The molecule has 2 aliphatic rings. The zero-order valence-electron chi connectivity index (χ0n) is 28.8. The largest absolute Gasteiger partial charge is 0.456 e. The summed E-state index contributed by atoms with van der Waals surface area (Å²) in [5, 5.41) is 7.23. The molecule has 0 bridgehead atoms. The predicted molar refractivity (Wildman–Crippen MR) is 220 cm³/mol. The number of hydrogen-bond donors (Lipinski definition) is 0. The van der Waals surface area contributed by atoms with Gasteiger partial charge in [-0.2, -0.15) is 0 Å². The minimum Gasteiger partial charge on any atom is -0.456 e. The first kappa shape index (κ1) is 28.8. The Kier molecular flexibility index (Phi) is 5.73. The number of anilines is 3. The van der Waals surface area contributed by atoms with Gasteiger partial charge in [0.15, 0.2) is 0 Å². The molecule has 9 aromatic carbocycles. The van der Waals surface area contributed by atoms with E-state index in [2.05, 4.69) is 181 Å². The van der Waals surface area contributed by atoms with E-state index in [1.165, 1.54) is 66.1 Å². The van der Waals surface area contributed by atoms with Crippen LogP contribution in [0.1, 0.15) is 22.3 Å². The molecule has 0 aliphatic heterocycles. The smallest absolute Gasteiger partial charge is 0.135 e. The number of hydrogen-bond acceptors (Lipinski definition) is 2. The van der Waals surface area contributed by atoms with Gasteiger partial charge in [-0.15, -0.1) is 0 Å². The number of fused-ring (bicyclic) bond motifs is 15. The normalized spacial score (nSPS) is 13.4. The summed E-state index contributed by atoms with van der Waals surface area (Å²) in [5.74, 6) is 0. The molecule has 246 valence electrons. The van der Waals surface area contributed by atoms with Gasteiger partial charge in [-0.25, -0.2) is 0 Å². The lowest BCUT2D eigenvalue weighted by atomic mass is 9.70. The van der Waals surface area contributed by atoms with Gasteiger partial charge in [0, 0.05) is 27.8 Å². The van der Waals surface area contributed by atoms with Crippen molar-refractivity contribution in [3.63, 3.8) is 0 Å². The van der Waals surface area contributed by atoms with Crippen LogP contribution in [0.15, 0.2) is 192 Å².